The monoisotopic (exact) mass is 266 g/mol. The molecule has 0 aliphatic rings. The van der Waals surface area contributed by atoms with E-state index in [-0.39, 0.29) is 18.0 Å². The number of rotatable bonds is 5. The zero-order chi connectivity index (χ0) is 13.8. The first kappa shape index (κ1) is 13.7. The largest absolute Gasteiger partial charge is 0.396 e. The summed E-state index contributed by atoms with van der Waals surface area (Å²) in [6, 6.07) is 3.78. The molecule has 0 radical (unpaired) electrons. The molecule has 1 aromatic heterocycles. The van der Waals surface area contributed by atoms with E-state index in [0.717, 1.165) is 6.07 Å². The normalized spacial score (nSPS) is 12.6. The number of fused-ring (bicyclic) bond motifs is 1. The number of hydrogen-bond donors (Lipinski definition) is 2. The number of aliphatic hydroxyl groups is 1. The van der Waals surface area contributed by atoms with Crippen LogP contribution in [0.5, 0.6) is 0 Å². The Morgan fingerprint density at radius 3 is 2.89 bits per heavy atom. The number of pyridine rings is 1. The molecule has 0 spiro atoms. The number of aliphatic hydroxyl groups excluding tert-OH is 1. The molecule has 1 atom stereocenters. The third kappa shape index (κ3) is 3.17. The van der Waals surface area contributed by atoms with Gasteiger partial charge >= 0.3 is 0 Å². The Kier molecular flexibility index (Phi) is 4.27. The van der Waals surface area contributed by atoms with Crippen molar-refractivity contribution in [1.82, 2.24) is 4.98 Å². The molecule has 3 nitrogen and oxygen atoms in total. The van der Waals surface area contributed by atoms with Gasteiger partial charge in [0.25, 0.3) is 0 Å². The Hall–Kier alpha value is -1.75. The highest BCUT2D eigenvalue weighted by atomic mass is 19.1. The highest BCUT2D eigenvalue weighted by Gasteiger charge is 2.09. The van der Waals surface area contributed by atoms with Gasteiger partial charge < -0.3 is 10.4 Å². The molecule has 0 saturated heterocycles. The molecule has 0 fully saturated rings. The van der Waals surface area contributed by atoms with Gasteiger partial charge in [0.05, 0.1) is 0 Å². The van der Waals surface area contributed by atoms with Crippen molar-refractivity contribution in [2.24, 2.45) is 5.92 Å². The van der Waals surface area contributed by atoms with Gasteiger partial charge in [-0.15, -0.1) is 0 Å². The molecular formula is C14H16F2N2O. The van der Waals surface area contributed by atoms with Gasteiger partial charge in [0.15, 0.2) is 5.82 Å². The zero-order valence-corrected chi connectivity index (χ0v) is 10.7. The molecular weight excluding hydrogens is 250 g/mol. The second kappa shape index (κ2) is 5.93. The van der Waals surface area contributed by atoms with Crippen LogP contribution in [0, 0.1) is 17.6 Å². The molecule has 2 rings (SSSR count). The maximum atomic E-state index is 13.6. The minimum atomic E-state index is -0.665. The molecule has 5 heteroatoms. The minimum Gasteiger partial charge on any atom is -0.396 e. The topological polar surface area (TPSA) is 45.1 Å². The summed E-state index contributed by atoms with van der Waals surface area (Å²) in [5.74, 6) is -1.02. The van der Waals surface area contributed by atoms with E-state index in [9.17, 15) is 8.78 Å². The van der Waals surface area contributed by atoms with Gasteiger partial charge in [0, 0.05) is 36.5 Å². The molecule has 102 valence electrons. The summed E-state index contributed by atoms with van der Waals surface area (Å²) >= 11 is 0. The lowest BCUT2D eigenvalue weighted by Gasteiger charge is -2.14. The van der Waals surface area contributed by atoms with Gasteiger partial charge in [-0.25, -0.2) is 8.78 Å². The lowest BCUT2D eigenvalue weighted by atomic mass is 10.1. The standard InChI is InChI=1S/C14H16F2N2O/c1-9(3-5-19)8-18-13-2-4-17-14-11(13)6-10(15)7-12(14)16/h2,4,6-7,9,19H,3,5,8H2,1H3,(H,17,18)/t9-/m0/s1. The predicted octanol–water partition coefficient (Wildman–Crippen LogP) is 2.94. The first-order valence-electron chi connectivity index (χ1n) is 6.20. The molecule has 0 unspecified atom stereocenters. The summed E-state index contributed by atoms with van der Waals surface area (Å²) in [7, 11) is 0. The van der Waals surface area contributed by atoms with Crippen molar-refractivity contribution in [3.8, 4) is 0 Å². The number of nitrogens with one attached hydrogen (secondary N) is 1. The molecule has 1 heterocycles. The van der Waals surface area contributed by atoms with Crippen LogP contribution in [0.1, 0.15) is 13.3 Å². The Morgan fingerprint density at radius 2 is 2.16 bits per heavy atom. The van der Waals surface area contributed by atoms with E-state index >= 15 is 0 Å². The van der Waals surface area contributed by atoms with Crippen LogP contribution >= 0.6 is 0 Å². The zero-order valence-electron chi connectivity index (χ0n) is 10.7. The predicted molar refractivity (Wildman–Crippen MR) is 71.0 cm³/mol. The van der Waals surface area contributed by atoms with E-state index in [4.69, 9.17) is 5.11 Å². The number of halogens is 2. The number of aromatic nitrogens is 1. The highest BCUT2D eigenvalue weighted by molar-refractivity contribution is 5.91. The summed E-state index contributed by atoms with van der Waals surface area (Å²) in [4.78, 5) is 3.92. The van der Waals surface area contributed by atoms with Crippen molar-refractivity contribution in [3.63, 3.8) is 0 Å². The minimum absolute atomic E-state index is 0.128. The molecule has 0 bridgehead atoms. The number of anilines is 1. The average molecular weight is 266 g/mol. The SMILES string of the molecule is C[C@@H](CCO)CNc1ccnc2c(F)cc(F)cc12. The van der Waals surface area contributed by atoms with Crippen LogP contribution < -0.4 is 5.32 Å². The van der Waals surface area contributed by atoms with Crippen LogP contribution in [0.3, 0.4) is 0 Å². The summed E-state index contributed by atoms with van der Waals surface area (Å²) in [5.41, 5.74) is 0.800. The first-order chi connectivity index (χ1) is 9.11. The van der Waals surface area contributed by atoms with Crippen molar-refractivity contribution >= 4 is 16.6 Å². The molecule has 0 aliphatic carbocycles. The Bertz CT molecular complexity index is 575. The van der Waals surface area contributed by atoms with Gasteiger partial charge in [-0.1, -0.05) is 6.92 Å². The van der Waals surface area contributed by atoms with E-state index in [1.54, 1.807) is 6.07 Å². The molecule has 19 heavy (non-hydrogen) atoms. The lowest BCUT2D eigenvalue weighted by molar-refractivity contribution is 0.266. The average Bonchev–Trinajstić information content (AvgIpc) is 2.36. The summed E-state index contributed by atoms with van der Waals surface area (Å²) in [6.07, 6.45) is 2.17. The molecule has 0 saturated carbocycles. The van der Waals surface area contributed by atoms with Crippen molar-refractivity contribution in [2.75, 3.05) is 18.5 Å². The van der Waals surface area contributed by atoms with Crippen LogP contribution in [0.2, 0.25) is 0 Å². The van der Waals surface area contributed by atoms with Gasteiger partial charge in [-0.05, 0) is 24.5 Å². The Labute approximate surface area is 110 Å². The smallest absolute Gasteiger partial charge is 0.152 e. The summed E-state index contributed by atoms with van der Waals surface area (Å²) in [5, 5.41) is 12.4. The number of benzene rings is 1. The fraction of sp³-hybridized carbons (Fsp3) is 0.357. The van der Waals surface area contributed by atoms with E-state index in [2.05, 4.69) is 10.3 Å². The third-order valence-corrected chi connectivity index (χ3v) is 3.03. The highest BCUT2D eigenvalue weighted by Crippen LogP contribution is 2.25. The van der Waals surface area contributed by atoms with Crippen LogP contribution in [-0.4, -0.2) is 23.2 Å². The van der Waals surface area contributed by atoms with E-state index in [0.29, 0.717) is 24.0 Å². The van der Waals surface area contributed by atoms with Crippen LogP contribution in [-0.2, 0) is 0 Å². The summed E-state index contributed by atoms with van der Waals surface area (Å²) in [6.45, 7) is 2.74. The number of nitrogens with zero attached hydrogens (tertiary/aromatic N) is 1. The summed E-state index contributed by atoms with van der Waals surface area (Å²) < 4.78 is 26.9. The lowest BCUT2D eigenvalue weighted by Crippen LogP contribution is -2.13. The van der Waals surface area contributed by atoms with Gasteiger partial charge in [0.2, 0.25) is 0 Å². The third-order valence-electron chi connectivity index (χ3n) is 3.03. The van der Waals surface area contributed by atoms with Crippen molar-refractivity contribution in [3.05, 3.63) is 36.0 Å². The maximum Gasteiger partial charge on any atom is 0.152 e. The fourth-order valence-electron chi connectivity index (χ4n) is 1.94. The van der Waals surface area contributed by atoms with Gasteiger partial charge in [-0.2, -0.15) is 0 Å². The Balaban J connectivity index is 2.28. The van der Waals surface area contributed by atoms with E-state index in [1.165, 1.54) is 12.3 Å². The fourth-order valence-corrected chi connectivity index (χ4v) is 1.94. The molecule has 1 aromatic carbocycles. The van der Waals surface area contributed by atoms with Gasteiger partial charge in [0.1, 0.15) is 11.3 Å². The van der Waals surface area contributed by atoms with Crippen LogP contribution in [0.25, 0.3) is 10.9 Å². The second-order valence-electron chi connectivity index (χ2n) is 4.64. The van der Waals surface area contributed by atoms with E-state index < -0.39 is 11.6 Å². The van der Waals surface area contributed by atoms with Crippen molar-refractivity contribution < 1.29 is 13.9 Å². The van der Waals surface area contributed by atoms with Crippen molar-refractivity contribution in [2.45, 2.75) is 13.3 Å². The van der Waals surface area contributed by atoms with Gasteiger partial charge in [-0.3, -0.25) is 4.98 Å². The maximum absolute atomic E-state index is 13.6. The van der Waals surface area contributed by atoms with Crippen LogP contribution in [0.4, 0.5) is 14.5 Å². The molecule has 2 aromatic rings. The van der Waals surface area contributed by atoms with E-state index in [1.807, 2.05) is 6.92 Å². The van der Waals surface area contributed by atoms with Crippen LogP contribution in [0.15, 0.2) is 24.4 Å². The first-order valence-corrected chi connectivity index (χ1v) is 6.20. The number of hydrogen-bond acceptors (Lipinski definition) is 3. The molecule has 2 N–H and O–H groups in total. The second-order valence-corrected chi connectivity index (χ2v) is 4.64. The quantitative estimate of drug-likeness (QED) is 0.874. The Morgan fingerprint density at radius 1 is 1.37 bits per heavy atom. The molecule has 0 aliphatic heterocycles. The molecule has 0 amide bonds. The van der Waals surface area contributed by atoms with Crippen molar-refractivity contribution in [1.29, 1.82) is 0 Å².